The van der Waals surface area contributed by atoms with Crippen LogP contribution in [0.3, 0.4) is 0 Å². The molecule has 0 aromatic heterocycles. The molecular weight excluding hydrogens is 468 g/mol. The molecule has 1 radical (unpaired) electrons. The molecule has 1 aromatic carbocycles. The summed E-state index contributed by atoms with van der Waals surface area (Å²) in [5.41, 5.74) is -0.0626. The van der Waals surface area contributed by atoms with Crippen LogP contribution in [-0.2, 0) is 37.5 Å². The van der Waals surface area contributed by atoms with Crippen LogP contribution in [0.15, 0.2) is 12.1 Å². The Balaban J connectivity index is 0.00000220. The summed E-state index contributed by atoms with van der Waals surface area (Å²) < 4.78 is 32.8. The number of ether oxygens (including phenoxy) is 1. The number of rotatable bonds is 3. The largest absolute Gasteiger partial charge is 0.497 e. The van der Waals surface area contributed by atoms with Gasteiger partial charge in [-0.25, -0.2) is 14.9 Å². The molecule has 111 valence electrons. The Bertz CT molecular complexity index is 557. The van der Waals surface area contributed by atoms with Crippen molar-refractivity contribution in [3.8, 4) is 5.75 Å². The Kier molecular flexibility index (Phi) is 7.20. The van der Waals surface area contributed by atoms with Crippen LogP contribution in [0.2, 0.25) is 0 Å². The molecule has 3 nitrogen and oxygen atoms in total. The summed E-state index contributed by atoms with van der Waals surface area (Å²) in [5.74, 6) is -1.58. The zero-order valence-electron chi connectivity index (χ0n) is 11.6. The van der Waals surface area contributed by atoms with Crippen molar-refractivity contribution in [2.45, 2.75) is 17.3 Å². The van der Waals surface area contributed by atoms with E-state index in [2.05, 4.69) is 6.08 Å². The molecule has 0 bridgehead atoms. The van der Waals surface area contributed by atoms with Gasteiger partial charge in [-0.15, -0.1) is 5.70 Å². The molecule has 1 heterocycles. The van der Waals surface area contributed by atoms with E-state index < -0.39 is 11.6 Å². The molecule has 1 aliphatic heterocycles. The van der Waals surface area contributed by atoms with Gasteiger partial charge < -0.3 is 9.64 Å². The summed E-state index contributed by atoms with van der Waals surface area (Å²) in [5, 5.41) is 0. The van der Waals surface area contributed by atoms with E-state index in [1.165, 1.54) is 12.0 Å². The second-order valence-corrected chi connectivity index (χ2v) is 5.75. The van der Waals surface area contributed by atoms with Gasteiger partial charge in [-0.05, 0) is 19.1 Å². The maximum absolute atomic E-state index is 14.1. The van der Waals surface area contributed by atoms with Crippen molar-refractivity contribution in [3.05, 3.63) is 35.4 Å². The van der Waals surface area contributed by atoms with Crippen molar-refractivity contribution in [3.63, 3.8) is 0 Å². The maximum Gasteiger partial charge on any atom is 0.235 e. The van der Waals surface area contributed by atoms with Crippen LogP contribution in [-0.4, -0.2) is 28.4 Å². The fourth-order valence-corrected chi connectivity index (χ4v) is 2.64. The van der Waals surface area contributed by atoms with Gasteiger partial charge >= 0.3 is 0 Å². The fourth-order valence-electron chi connectivity index (χ4n) is 2.08. The minimum atomic E-state index is -0.762. The van der Waals surface area contributed by atoms with Crippen LogP contribution in [0.4, 0.5) is 8.78 Å². The molecular formula is C14H13F2INO2Y-. The molecule has 1 unspecified atom stereocenters. The van der Waals surface area contributed by atoms with Crippen LogP contribution in [0.1, 0.15) is 18.9 Å². The van der Waals surface area contributed by atoms with E-state index in [4.69, 9.17) is 4.74 Å². The number of allylic oxidation sites excluding steroid dienone is 1. The molecule has 7 heteroatoms. The third-order valence-corrected chi connectivity index (χ3v) is 4.03. The number of alkyl halides is 1. The Morgan fingerprint density at radius 2 is 2.00 bits per heavy atom. The molecule has 1 atom stereocenters. The average Bonchev–Trinajstić information content (AvgIpc) is 2.42. The molecule has 0 fully saturated rings. The zero-order valence-corrected chi connectivity index (χ0v) is 16.6. The Morgan fingerprint density at radius 1 is 1.43 bits per heavy atom. The molecule has 0 saturated carbocycles. The molecule has 1 aromatic rings. The van der Waals surface area contributed by atoms with Crippen molar-refractivity contribution >= 4 is 34.2 Å². The number of amides is 1. The number of methoxy groups -OCH3 is 1. The van der Waals surface area contributed by atoms with Gasteiger partial charge in [0.05, 0.1) is 22.7 Å². The topological polar surface area (TPSA) is 29.5 Å². The molecule has 0 saturated heterocycles. The number of hydrogen-bond acceptors (Lipinski definition) is 2. The average molecular weight is 481 g/mol. The number of nitrogens with zero attached hydrogens (tertiary/aromatic N) is 1. The second kappa shape index (κ2) is 7.97. The molecule has 2 rings (SSSR count). The van der Waals surface area contributed by atoms with Crippen LogP contribution in [0.25, 0.3) is 5.70 Å². The van der Waals surface area contributed by atoms with Crippen LogP contribution in [0, 0.1) is 17.7 Å². The summed E-state index contributed by atoms with van der Waals surface area (Å²) in [6, 6.07) is 2.20. The third kappa shape index (κ3) is 3.82. The smallest absolute Gasteiger partial charge is 0.235 e. The van der Waals surface area contributed by atoms with Crippen molar-refractivity contribution in [1.29, 1.82) is 0 Å². The van der Waals surface area contributed by atoms with Gasteiger partial charge in [-0.2, -0.15) is 0 Å². The van der Waals surface area contributed by atoms with E-state index in [-0.39, 0.29) is 59.6 Å². The summed E-state index contributed by atoms with van der Waals surface area (Å²) in [7, 11) is 1.34. The number of benzene rings is 1. The predicted octanol–water partition coefficient (Wildman–Crippen LogP) is 3.17. The van der Waals surface area contributed by atoms with Crippen molar-refractivity contribution in [2.24, 2.45) is 0 Å². The van der Waals surface area contributed by atoms with Crippen molar-refractivity contribution in [2.75, 3.05) is 13.7 Å². The molecule has 0 N–H and O–H groups in total. The first kappa shape index (κ1) is 19.0. The maximum atomic E-state index is 14.1. The van der Waals surface area contributed by atoms with E-state index in [1.807, 2.05) is 22.6 Å². The third-order valence-electron chi connectivity index (χ3n) is 3.06. The minimum absolute atomic E-state index is 0. The van der Waals surface area contributed by atoms with Crippen LogP contribution in [0.5, 0.6) is 5.75 Å². The number of carbonyl (C=O) groups is 1. The van der Waals surface area contributed by atoms with E-state index in [0.717, 1.165) is 12.1 Å². The predicted molar refractivity (Wildman–Crippen MR) is 79.4 cm³/mol. The number of hydrogen-bond donors (Lipinski definition) is 0. The van der Waals surface area contributed by atoms with E-state index in [0.29, 0.717) is 13.0 Å². The molecule has 0 spiro atoms. The monoisotopic (exact) mass is 481 g/mol. The molecule has 1 aliphatic rings. The van der Waals surface area contributed by atoms with Crippen molar-refractivity contribution < 1.29 is 51.0 Å². The van der Waals surface area contributed by atoms with Gasteiger partial charge in [0.2, 0.25) is 5.91 Å². The summed E-state index contributed by atoms with van der Waals surface area (Å²) >= 11 is 2.00. The standard InChI is InChI=1S/C14H13F2INO2.Y/c1-3-18-12(5-4-11(17)14(18)19)13-9(15)6-8(20-2)7-10(13)16;/h6-7,11H,3-4H2,1-2H3;/q-1;. The van der Waals surface area contributed by atoms with Crippen LogP contribution < -0.4 is 4.74 Å². The summed E-state index contributed by atoms with van der Waals surface area (Å²) in [6.45, 7) is 2.10. The summed E-state index contributed by atoms with van der Waals surface area (Å²) in [6.07, 6.45) is 3.27. The van der Waals surface area contributed by atoms with Crippen molar-refractivity contribution in [1.82, 2.24) is 4.90 Å². The van der Waals surface area contributed by atoms with Gasteiger partial charge in [0.15, 0.2) is 0 Å². The first-order chi connectivity index (χ1) is 9.49. The Morgan fingerprint density at radius 3 is 2.48 bits per heavy atom. The quantitative estimate of drug-likeness (QED) is 0.378. The minimum Gasteiger partial charge on any atom is -0.497 e. The van der Waals surface area contributed by atoms with Gasteiger partial charge in [-0.3, -0.25) is 4.79 Å². The molecule has 0 aliphatic carbocycles. The summed E-state index contributed by atoms with van der Waals surface area (Å²) in [4.78, 5) is 13.4. The first-order valence-electron chi connectivity index (χ1n) is 6.09. The van der Waals surface area contributed by atoms with Crippen LogP contribution >= 0.6 is 22.6 Å². The van der Waals surface area contributed by atoms with Gasteiger partial charge in [0.25, 0.3) is 0 Å². The Labute approximate surface area is 161 Å². The number of carbonyl (C=O) groups excluding carboxylic acids is 1. The second-order valence-electron chi connectivity index (χ2n) is 4.25. The zero-order chi connectivity index (χ0) is 14.9. The van der Waals surface area contributed by atoms with Gasteiger partial charge in [0.1, 0.15) is 5.75 Å². The van der Waals surface area contributed by atoms with E-state index >= 15 is 0 Å². The van der Waals surface area contributed by atoms with E-state index in [1.54, 1.807) is 6.92 Å². The molecule has 1 amide bonds. The van der Waals surface area contributed by atoms with Gasteiger partial charge in [0, 0.05) is 39.3 Å². The number of halogens is 3. The SMILES string of the molecule is CCN1C(=O)C(I)C[C-]=C1c1c(F)cc(OC)cc1F.[Y]. The Hall–Kier alpha value is -0.0761. The fraction of sp³-hybridized carbons (Fsp3) is 0.357. The van der Waals surface area contributed by atoms with E-state index in [9.17, 15) is 13.6 Å². The first-order valence-corrected chi connectivity index (χ1v) is 7.33. The normalized spacial score (nSPS) is 18.1. The van der Waals surface area contributed by atoms with Gasteiger partial charge in [-0.1, -0.05) is 34.6 Å². The molecule has 21 heavy (non-hydrogen) atoms.